The molecule has 0 saturated carbocycles. The van der Waals surface area contributed by atoms with Gasteiger partial charge in [-0.1, -0.05) is 42.0 Å². The van der Waals surface area contributed by atoms with E-state index >= 15 is 0 Å². The van der Waals surface area contributed by atoms with Crippen molar-refractivity contribution in [2.75, 3.05) is 19.0 Å². The Kier molecular flexibility index (Phi) is 4.42. The van der Waals surface area contributed by atoms with E-state index in [0.29, 0.717) is 0 Å². The molecule has 2 aromatic rings. The molecule has 100 valence electrons. The topological polar surface area (TPSA) is 41.5 Å². The Labute approximate surface area is 113 Å². The second kappa shape index (κ2) is 6.25. The lowest BCUT2D eigenvalue weighted by atomic mass is 10.0. The van der Waals surface area contributed by atoms with Gasteiger partial charge in [0.25, 0.3) is 0 Å². The standard InChI is InChI=1S/C16H19NO2/c1-12-6-5-7-13(10-12)15(11-18)17-14-8-3-4-9-16(14)19-2/h3-10,15,17-18H,11H2,1-2H3. The second-order valence-electron chi connectivity index (χ2n) is 4.49. The fourth-order valence-corrected chi connectivity index (χ4v) is 2.07. The van der Waals surface area contributed by atoms with E-state index in [4.69, 9.17) is 4.74 Å². The number of benzene rings is 2. The second-order valence-corrected chi connectivity index (χ2v) is 4.49. The summed E-state index contributed by atoms with van der Waals surface area (Å²) in [5.74, 6) is 0.772. The molecule has 0 bridgehead atoms. The molecule has 0 heterocycles. The quantitative estimate of drug-likeness (QED) is 0.864. The predicted molar refractivity (Wildman–Crippen MR) is 77.6 cm³/mol. The highest BCUT2D eigenvalue weighted by Crippen LogP contribution is 2.27. The number of aryl methyl sites for hydroxylation is 1. The van der Waals surface area contributed by atoms with Crippen molar-refractivity contribution in [3.05, 3.63) is 59.7 Å². The zero-order chi connectivity index (χ0) is 13.7. The van der Waals surface area contributed by atoms with Crippen molar-refractivity contribution in [2.24, 2.45) is 0 Å². The lowest BCUT2D eigenvalue weighted by Gasteiger charge is -2.20. The van der Waals surface area contributed by atoms with Gasteiger partial charge in [-0.25, -0.2) is 0 Å². The molecule has 2 rings (SSSR count). The van der Waals surface area contributed by atoms with Gasteiger partial charge in [-0.3, -0.25) is 0 Å². The maximum atomic E-state index is 9.59. The van der Waals surface area contributed by atoms with Gasteiger partial charge in [-0.2, -0.15) is 0 Å². The zero-order valence-electron chi connectivity index (χ0n) is 11.3. The average molecular weight is 257 g/mol. The van der Waals surface area contributed by atoms with Gasteiger partial charge < -0.3 is 15.2 Å². The molecule has 1 unspecified atom stereocenters. The Morgan fingerprint density at radius 2 is 1.95 bits per heavy atom. The fourth-order valence-electron chi connectivity index (χ4n) is 2.07. The predicted octanol–water partition coefficient (Wildman–Crippen LogP) is 3.15. The van der Waals surface area contributed by atoms with Gasteiger partial charge in [-0.15, -0.1) is 0 Å². The van der Waals surface area contributed by atoms with Gasteiger partial charge >= 0.3 is 0 Å². The number of methoxy groups -OCH3 is 1. The van der Waals surface area contributed by atoms with Crippen LogP contribution in [0.5, 0.6) is 5.75 Å². The van der Waals surface area contributed by atoms with Crippen LogP contribution in [0, 0.1) is 6.92 Å². The van der Waals surface area contributed by atoms with Crippen molar-refractivity contribution in [1.82, 2.24) is 0 Å². The number of anilines is 1. The first-order valence-electron chi connectivity index (χ1n) is 6.31. The maximum Gasteiger partial charge on any atom is 0.141 e. The SMILES string of the molecule is COc1ccccc1NC(CO)c1cccc(C)c1. The highest BCUT2D eigenvalue weighted by Gasteiger charge is 2.12. The van der Waals surface area contributed by atoms with E-state index in [1.54, 1.807) is 7.11 Å². The minimum Gasteiger partial charge on any atom is -0.495 e. The first-order chi connectivity index (χ1) is 9.24. The number of aliphatic hydroxyl groups excluding tert-OH is 1. The first-order valence-corrected chi connectivity index (χ1v) is 6.31. The number of hydrogen-bond donors (Lipinski definition) is 2. The highest BCUT2D eigenvalue weighted by atomic mass is 16.5. The van der Waals surface area contributed by atoms with E-state index in [2.05, 4.69) is 11.4 Å². The summed E-state index contributed by atoms with van der Waals surface area (Å²) in [6.45, 7) is 2.07. The minimum atomic E-state index is -0.142. The third-order valence-corrected chi connectivity index (χ3v) is 3.06. The Hall–Kier alpha value is -2.00. The molecule has 0 amide bonds. The largest absolute Gasteiger partial charge is 0.495 e. The van der Waals surface area contributed by atoms with Gasteiger partial charge in [0.15, 0.2) is 0 Å². The maximum absolute atomic E-state index is 9.59. The lowest BCUT2D eigenvalue weighted by Crippen LogP contribution is -2.15. The van der Waals surface area contributed by atoms with Gasteiger partial charge in [0, 0.05) is 0 Å². The number of hydrogen-bond acceptors (Lipinski definition) is 3. The molecule has 0 spiro atoms. The van der Waals surface area contributed by atoms with Crippen molar-refractivity contribution in [3.63, 3.8) is 0 Å². The molecule has 0 radical (unpaired) electrons. The molecule has 0 saturated heterocycles. The normalized spacial score (nSPS) is 11.9. The molecule has 0 aliphatic heterocycles. The molecular formula is C16H19NO2. The number of nitrogens with one attached hydrogen (secondary N) is 1. The third-order valence-electron chi connectivity index (χ3n) is 3.06. The van der Waals surface area contributed by atoms with E-state index in [0.717, 1.165) is 17.0 Å². The van der Waals surface area contributed by atoms with Crippen LogP contribution >= 0.6 is 0 Å². The molecule has 2 N–H and O–H groups in total. The van der Waals surface area contributed by atoms with Crippen LogP contribution in [0.3, 0.4) is 0 Å². The van der Waals surface area contributed by atoms with Crippen molar-refractivity contribution in [1.29, 1.82) is 0 Å². The van der Waals surface area contributed by atoms with Crippen molar-refractivity contribution in [3.8, 4) is 5.75 Å². The van der Waals surface area contributed by atoms with Crippen LogP contribution in [-0.2, 0) is 0 Å². The Bertz CT molecular complexity index is 540. The molecule has 3 nitrogen and oxygen atoms in total. The Balaban J connectivity index is 2.24. The van der Waals surface area contributed by atoms with Gasteiger partial charge in [-0.05, 0) is 24.6 Å². The van der Waals surface area contributed by atoms with Gasteiger partial charge in [0.05, 0.1) is 25.4 Å². The van der Waals surface area contributed by atoms with Crippen LogP contribution in [-0.4, -0.2) is 18.8 Å². The molecule has 3 heteroatoms. The molecule has 2 aromatic carbocycles. The smallest absolute Gasteiger partial charge is 0.141 e. The number of aliphatic hydroxyl groups is 1. The summed E-state index contributed by atoms with van der Waals surface area (Å²) >= 11 is 0. The van der Waals surface area contributed by atoms with Crippen LogP contribution < -0.4 is 10.1 Å². The Morgan fingerprint density at radius 3 is 2.63 bits per heavy atom. The number of rotatable bonds is 5. The van der Waals surface area contributed by atoms with Crippen LogP contribution in [0.1, 0.15) is 17.2 Å². The molecule has 0 aliphatic rings. The monoisotopic (exact) mass is 257 g/mol. The summed E-state index contributed by atoms with van der Waals surface area (Å²) < 4.78 is 5.31. The molecule has 0 fully saturated rings. The molecule has 1 atom stereocenters. The van der Waals surface area contributed by atoms with Crippen LogP contribution in [0.4, 0.5) is 5.69 Å². The van der Waals surface area contributed by atoms with E-state index < -0.39 is 0 Å². The summed E-state index contributed by atoms with van der Waals surface area (Å²) in [6, 6.07) is 15.7. The summed E-state index contributed by atoms with van der Waals surface area (Å²) in [6.07, 6.45) is 0. The van der Waals surface area contributed by atoms with Crippen LogP contribution in [0.2, 0.25) is 0 Å². The van der Waals surface area contributed by atoms with Gasteiger partial charge in [0.1, 0.15) is 5.75 Å². The summed E-state index contributed by atoms with van der Waals surface area (Å²) in [7, 11) is 1.64. The fraction of sp³-hybridized carbons (Fsp3) is 0.250. The van der Waals surface area contributed by atoms with Crippen molar-refractivity contribution < 1.29 is 9.84 Å². The van der Waals surface area contributed by atoms with Crippen molar-refractivity contribution in [2.45, 2.75) is 13.0 Å². The van der Waals surface area contributed by atoms with Crippen LogP contribution in [0.25, 0.3) is 0 Å². The summed E-state index contributed by atoms with van der Waals surface area (Å²) in [4.78, 5) is 0. The van der Waals surface area contributed by atoms with E-state index in [9.17, 15) is 5.11 Å². The van der Waals surface area contributed by atoms with Crippen molar-refractivity contribution >= 4 is 5.69 Å². The summed E-state index contributed by atoms with van der Waals surface area (Å²) in [5, 5.41) is 12.9. The number of para-hydroxylation sites is 2. The first kappa shape index (κ1) is 13.4. The van der Waals surface area contributed by atoms with Gasteiger partial charge in [0.2, 0.25) is 0 Å². The molecule has 0 aliphatic carbocycles. The average Bonchev–Trinajstić information content (AvgIpc) is 2.45. The Morgan fingerprint density at radius 1 is 1.16 bits per heavy atom. The molecule has 0 aromatic heterocycles. The number of ether oxygens (including phenoxy) is 1. The van der Waals surface area contributed by atoms with Crippen LogP contribution in [0.15, 0.2) is 48.5 Å². The molecular weight excluding hydrogens is 238 g/mol. The molecule has 19 heavy (non-hydrogen) atoms. The highest BCUT2D eigenvalue weighted by molar-refractivity contribution is 5.57. The summed E-state index contributed by atoms with van der Waals surface area (Å²) in [5.41, 5.74) is 3.12. The van der Waals surface area contributed by atoms with E-state index in [1.165, 1.54) is 5.56 Å². The van der Waals surface area contributed by atoms with E-state index in [-0.39, 0.29) is 12.6 Å². The third kappa shape index (κ3) is 3.26. The lowest BCUT2D eigenvalue weighted by molar-refractivity contribution is 0.276. The minimum absolute atomic E-state index is 0.0293. The zero-order valence-corrected chi connectivity index (χ0v) is 11.3. The van der Waals surface area contributed by atoms with E-state index in [1.807, 2.05) is 49.4 Å².